The van der Waals surface area contributed by atoms with E-state index in [0.29, 0.717) is 16.8 Å². The first-order chi connectivity index (χ1) is 7.24. The maximum Gasteiger partial charge on any atom is 0.207 e. The fourth-order valence-corrected chi connectivity index (χ4v) is 2.03. The van der Waals surface area contributed by atoms with E-state index in [1.54, 1.807) is 12.4 Å². The summed E-state index contributed by atoms with van der Waals surface area (Å²) in [6, 6.07) is 1.83. The summed E-state index contributed by atoms with van der Waals surface area (Å²) in [5.74, 6) is 0.677. The van der Waals surface area contributed by atoms with Gasteiger partial charge in [0.25, 0.3) is 0 Å². The van der Waals surface area contributed by atoms with E-state index < -0.39 is 0 Å². The maximum absolute atomic E-state index is 5.64. The largest absolute Gasteiger partial charge is 0.485 e. The van der Waals surface area contributed by atoms with Gasteiger partial charge in [-0.1, -0.05) is 11.3 Å². The molecule has 78 valence electrons. The zero-order valence-corrected chi connectivity index (χ0v) is 10.5. The predicted molar refractivity (Wildman–Crippen MR) is 61.2 cm³/mol. The van der Waals surface area contributed by atoms with Crippen LogP contribution in [0.1, 0.15) is 5.01 Å². The summed E-state index contributed by atoms with van der Waals surface area (Å²) in [5, 5.41) is 8.24. The normalized spacial score (nSPS) is 10.3. The van der Waals surface area contributed by atoms with Crippen LogP contribution < -0.4 is 4.74 Å². The van der Waals surface area contributed by atoms with E-state index in [1.807, 2.05) is 6.07 Å². The molecule has 7 heteroatoms. The lowest BCUT2D eigenvalue weighted by molar-refractivity contribution is 0.303. The molecule has 0 radical (unpaired) electrons. The van der Waals surface area contributed by atoms with E-state index in [9.17, 15) is 0 Å². The first-order valence-corrected chi connectivity index (χ1v) is 5.94. The molecule has 0 saturated carbocycles. The van der Waals surface area contributed by atoms with Crippen molar-refractivity contribution < 1.29 is 4.74 Å². The lowest BCUT2D eigenvalue weighted by Crippen LogP contribution is -1.95. The molecule has 2 rings (SSSR count). The number of pyridine rings is 1. The second kappa shape index (κ2) is 4.87. The van der Waals surface area contributed by atoms with Crippen molar-refractivity contribution >= 4 is 38.9 Å². The minimum Gasteiger partial charge on any atom is -0.485 e. The lowest BCUT2D eigenvalue weighted by Gasteiger charge is -2.02. The molecule has 0 saturated heterocycles. The van der Waals surface area contributed by atoms with Crippen LogP contribution in [0.15, 0.2) is 22.9 Å². The van der Waals surface area contributed by atoms with Crippen molar-refractivity contribution in [3.05, 3.63) is 32.4 Å². The number of hydrogen-bond donors (Lipinski definition) is 0. The fraction of sp³-hybridized carbons (Fsp3) is 0.125. The number of aromatic nitrogens is 3. The minimum atomic E-state index is 0.350. The highest BCUT2D eigenvalue weighted by molar-refractivity contribution is 9.10. The molecule has 0 spiro atoms. The molecule has 4 nitrogen and oxygen atoms in total. The monoisotopic (exact) mass is 305 g/mol. The van der Waals surface area contributed by atoms with Gasteiger partial charge in [0.2, 0.25) is 4.47 Å². The Labute approximate surface area is 103 Å². The Kier molecular flexibility index (Phi) is 3.50. The number of nitrogens with zero attached hydrogens (tertiary/aromatic N) is 3. The molecule has 2 aromatic rings. The van der Waals surface area contributed by atoms with Crippen molar-refractivity contribution in [2.24, 2.45) is 0 Å². The van der Waals surface area contributed by atoms with Crippen LogP contribution in [0.25, 0.3) is 0 Å². The average molecular weight is 307 g/mol. The van der Waals surface area contributed by atoms with Crippen LogP contribution in [-0.4, -0.2) is 15.2 Å². The Morgan fingerprint density at radius 1 is 1.40 bits per heavy atom. The van der Waals surface area contributed by atoms with E-state index in [1.165, 1.54) is 11.3 Å². The summed E-state index contributed by atoms with van der Waals surface area (Å²) in [6.45, 7) is 0.350. The highest BCUT2D eigenvalue weighted by Crippen LogP contribution is 2.19. The third-order valence-electron chi connectivity index (χ3n) is 1.48. The summed E-state index contributed by atoms with van der Waals surface area (Å²) in [7, 11) is 0. The highest BCUT2D eigenvalue weighted by Gasteiger charge is 2.03. The summed E-state index contributed by atoms with van der Waals surface area (Å²) < 4.78 is 6.73. The Bertz CT molecular complexity index is 465. The predicted octanol–water partition coefficient (Wildman–Crippen LogP) is 2.93. The molecule has 0 N–H and O–H groups in total. The van der Waals surface area contributed by atoms with Gasteiger partial charge in [-0.05, 0) is 33.6 Å². The number of hydrogen-bond acceptors (Lipinski definition) is 5. The molecule has 2 aromatic heterocycles. The maximum atomic E-state index is 5.64. The van der Waals surface area contributed by atoms with Gasteiger partial charge in [0, 0.05) is 10.7 Å². The van der Waals surface area contributed by atoms with E-state index in [0.717, 1.165) is 9.48 Å². The van der Waals surface area contributed by atoms with Crippen molar-refractivity contribution in [3.8, 4) is 5.75 Å². The van der Waals surface area contributed by atoms with Crippen LogP contribution in [0.2, 0.25) is 4.47 Å². The zero-order valence-electron chi connectivity index (χ0n) is 7.35. The molecule has 0 bridgehead atoms. The Morgan fingerprint density at radius 3 is 2.93 bits per heavy atom. The lowest BCUT2D eigenvalue weighted by atomic mass is 10.5. The highest BCUT2D eigenvalue weighted by atomic mass is 79.9. The van der Waals surface area contributed by atoms with E-state index >= 15 is 0 Å². The zero-order chi connectivity index (χ0) is 10.7. The summed E-state index contributed by atoms with van der Waals surface area (Å²) in [4.78, 5) is 3.97. The van der Waals surface area contributed by atoms with Crippen LogP contribution in [0.3, 0.4) is 0 Å². The third-order valence-corrected chi connectivity index (χ3v) is 2.91. The Morgan fingerprint density at radius 2 is 2.27 bits per heavy atom. The van der Waals surface area contributed by atoms with Gasteiger partial charge in [0.1, 0.15) is 12.4 Å². The summed E-state index contributed by atoms with van der Waals surface area (Å²) >= 11 is 10.2. The Balaban J connectivity index is 1.99. The van der Waals surface area contributed by atoms with Crippen molar-refractivity contribution in [3.63, 3.8) is 0 Å². The topological polar surface area (TPSA) is 47.9 Å². The fourth-order valence-electron chi connectivity index (χ4n) is 0.908. The Hall–Kier alpha value is -0.720. The van der Waals surface area contributed by atoms with Crippen molar-refractivity contribution in [1.29, 1.82) is 0 Å². The smallest absolute Gasteiger partial charge is 0.207 e. The van der Waals surface area contributed by atoms with Crippen molar-refractivity contribution in [2.75, 3.05) is 0 Å². The first kappa shape index (κ1) is 10.8. The summed E-state index contributed by atoms with van der Waals surface area (Å²) in [5.41, 5.74) is 0. The SMILES string of the molecule is Clc1nnc(COc2cncc(Br)c2)s1. The number of halogens is 2. The number of ether oxygens (including phenoxy) is 1. The molecule has 0 aromatic carbocycles. The first-order valence-electron chi connectivity index (χ1n) is 3.95. The molecule has 0 aliphatic rings. The van der Waals surface area contributed by atoms with Gasteiger partial charge < -0.3 is 4.74 Å². The van der Waals surface area contributed by atoms with Gasteiger partial charge in [-0.15, -0.1) is 10.2 Å². The summed E-state index contributed by atoms with van der Waals surface area (Å²) in [6.07, 6.45) is 3.32. The second-order valence-electron chi connectivity index (χ2n) is 2.58. The molecule has 0 amide bonds. The minimum absolute atomic E-state index is 0.350. The van der Waals surface area contributed by atoms with Gasteiger partial charge in [-0.3, -0.25) is 4.98 Å². The van der Waals surface area contributed by atoms with Crippen LogP contribution in [0, 0.1) is 0 Å². The average Bonchev–Trinajstić information content (AvgIpc) is 2.62. The second-order valence-corrected chi connectivity index (χ2v) is 5.14. The van der Waals surface area contributed by atoms with Crippen LogP contribution in [0.4, 0.5) is 0 Å². The van der Waals surface area contributed by atoms with Crippen molar-refractivity contribution in [2.45, 2.75) is 6.61 Å². The number of rotatable bonds is 3. The standard InChI is InChI=1S/C8H5BrClN3OS/c9-5-1-6(3-11-2-5)14-4-7-12-13-8(10)15-7/h1-3H,4H2. The molecule has 0 aliphatic carbocycles. The molecule has 2 heterocycles. The molecule has 0 fully saturated rings. The van der Waals surface area contributed by atoms with Crippen LogP contribution >= 0.6 is 38.9 Å². The molecular formula is C8H5BrClN3OS. The van der Waals surface area contributed by atoms with E-state index in [2.05, 4.69) is 31.1 Å². The quantitative estimate of drug-likeness (QED) is 0.875. The third kappa shape index (κ3) is 3.12. The van der Waals surface area contributed by atoms with Gasteiger partial charge in [0.15, 0.2) is 5.01 Å². The molecule has 15 heavy (non-hydrogen) atoms. The van der Waals surface area contributed by atoms with E-state index in [4.69, 9.17) is 16.3 Å². The molecule has 0 aliphatic heterocycles. The van der Waals surface area contributed by atoms with Gasteiger partial charge >= 0.3 is 0 Å². The van der Waals surface area contributed by atoms with Gasteiger partial charge in [-0.2, -0.15) is 0 Å². The van der Waals surface area contributed by atoms with E-state index in [-0.39, 0.29) is 0 Å². The molecular weight excluding hydrogens is 302 g/mol. The van der Waals surface area contributed by atoms with Crippen LogP contribution in [0.5, 0.6) is 5.75 Å². The van der Waals surface area contributed by atoms with Crippen molar-refractivity contribution in [1.82, 2.24) is 15.2 Å². The van der Waals surface area contributed by atoms with Gasteiger partial charge in [0.05, 0.1) is 6.20 Å². The van der Waals surface area contributed by atoms with Gasteiger partial charge in [-0.25, -0.2) is 0 Å². The molecule has 0 unspecified atom stereocenters. The van der Waals surface area contributed by atoms with Crippen LogP contribution in [-0.2, 0) is 6.61 Å². The molecule has 0 atom stereocenters.